The fraction of sp³-hybridized carbons (Fsp3) is 0.0909. The van der Waals surface area contributed by atoms with Crippen LogP contribution >= 0.6 is 55.0 Å². The number of nitrogen functional groups attached to an aromatic ring is 1. The fourth-order valence-electron chi connectivity index (χ4n) is 1.23. The van der Waals surface area contributed by atoms with E-state index in [1.807, 2.05) is 18.2 Å². The van der Waals surface area contributed by atoms with Gasteiger partial charge >= 0.3 is 0 Å². The summed E-state index contributed by atoms with van der Waals surface area (Å²) in [6, 6.07) is 10.2. The minimum Gasteiger partial charge on any atom is -0.398 e. The maximum atomic E-state index is 5.93. The van der Waals surface area contributed by atoms with E-state index in [1.165, 1.54) is 8.66 Å². The molecule has 0 aliphatic rings. The molecule has 2 rings (SSSR count). The second kappa shape index (κ2) is 5.58. The van der Waals surface area contributed by atoms with E-state index >= 15 is 0 Å². The van der Waals surface area contributed by atoms with Gasteiger partial charge in [-0.2, -0.15) is 0 Å². The van der Waals surface area contributed by atoms with Crippen LogP contribution in [0.2, 0.25) is 0 Å². The number of hydrogen-bond acceptors (Lipinski definition) is 3. The molecular formula is C11H9Br2NS2. The molecule has 84 valence electrons. The monoisotopic (exact) mass is 377 g/mol. The average molecular weight is 379 g/mol. The van der Waals surface area contributed by atoms with Crippen LogP contribution in [0.3, 0.4) is 0 Å². The van der Waals surface area contributed by atoms with Crippen molar-refractivity contribution in [1.82, 2.24) is 0 Å². The molecule has 5 heteroatoms. The molecule has 1 heterocycles. The summed E-state index contributed by atoms with van der Waals surface area (Å²) in [6.45, 7) is 0. The van der Waals surface area contributed by atoms with Gasteiger partial charge in [-0.05, 0) is 46.3 Å². The van der Waals surface area contributed by atoms with E-state index in [-0.39, 0.29) is 0 Å². The summed E-state index contributed by atoms with van der Waals surface area (Å²) in [6.07, 6.45) is 0. The van der Waals surface area contributed by atoms with Gasteiger partial charge in [0.1, 0.15) is 0 Å². The van der Waals surface area contributed by atoms with Crippen LogP contribution in [0, 0.1) is 0 Å². The van der Waals surface area contributed by atoms with Crippen LogP contribution in [0.25, 0.3) is 0 Å². The van der Waals surface area contributed by atoms with Crippen LogP contribution in [0.15, 0.2) is 43.5 Å². The van der Waals surface area contributed by atoms with Gasteiger partial charge in [0, 0.05) is 25.7 Å². The van der Waals surface area contributed by atoms with Crippen molar-refractivity contribution in [3.05, 3.63) is 43.5 Å². The second-order valence-corrected chi connectivity index (χ2v) is 7.66. The Morgan fingerprint density at radius 2 is 2.00 bits per heavy atom. The molecule has 1 nitrogen and oxygen atoms in total. The SMILES string of the molecule is Nc1cc(Br)ccc1SCc1ccc(Br)s1. The Morgan fingerprint density at radius 3 is 2.62 bits per heavy atom. The number of anilines is 1. The molecule has 0 aliphatic heterocycles. The van der Waals surface area contributed by atoms with Crippen LogP contribution in [0.5, 0.6) is 0 Å². The Morgan fingerprint density at radius 1 is 1.19 bits per heavy atom. The van der Waals surface area contributed by atoms with Gasteiger partial charge in [0.2, 0.25) is 0 Å². The van der Waals surface area contributed by atoms with Crippen molar-refractivity contribution in [2.45, 2.75) is 10.6 Å². The standard InChI is InChI=1S/C11H9Br2NS2/c12-7-1-3-10(9(14)5-7)15-6-8-2-4-11(13)16-8/h1-5H,6,14H2. The zero-order valence-electron chi connectivity index (χ0n) is 8.24. The molecule has 0 atom stereocenters. The molecule has 0 unspecified atom stereocenters. The lowest BCUT2D eigenvalue weighted by Gasteiger charge is -2.04. The summed E-state index contributed by atoms with van der Waals surface area (Å²) in [5.41, 5.74) is 6.76. The van der Waals surface area contributed by atoms with Gasteiger partial charge in [0.15, 0.2) is 0 Å². The molecule has 0 spiro atoms. The fourth-order valence-corrected chi connectivity index (χ4v) is 4.08. The van der Waals surface area contributed by atoms with Crippen molar-refractivity contribution < 1.29 is 0 Å². The van der Waals surface area contributed by atoms with E-state index < -0.39 is 0 Å². The van der Waals surface area contributed by atoms with Gasteiger partial charge < -0.3 is 5.73 Å². The highest BCUT2D eigenvalue weighted by molar-refractivity contribution is 9.11. The molecule has 2 aromatic rings. The van der Waals surface area contributed by atoms with Crippen LogP contribution < -0.4 is 5.73 Å². The average Bonchev–Trinajstić information content (AvgIpc) is 2.63. The Labute approximate surface area is 120 Å². The highest BCUT2D eigenvalue weighted by atomic mass is 79.9. The normalized spacial score (nSPS) is 10.6. The lowest BCUT2D eigenvalue weighted by Crippen LogP contribution is -1.88. The van der Waals surface area contributed by atoms with Gasteiger partial charge in [0.25, 0.3) is 0 Å². The molecule has 2 N–H and O–H groups in total. The van der Waals surface area contributed by atoms with E-state index in [1.54, 1.807) is 23.1 Å². The first kappa shape index (κ1) is 12.5. The molecule has 1 aromatic heterocycles. The number of rotatable bonds is 3. The Kier molecular flexibility index (Phi) is 4.35. The number of benzene rings is 1. The van der Waals surface area contributed by atoms with E-state index in [9.17, 15) is 0 Å². The van der Waals surface area contributed by atoms with E-state index in [0.29, 0.717) is 0 Å². The molecule has 16 heavy (non-hydrogen) atoms. The predicted molar refractivity (Wildman–Crippen MR) is 80.1 cm³/mol. The van der Waals surface area contributed by atoms with Gasteiger partial charge in [-0.3, -0.25) is 0 Å². The minimum absolute atomic E-state index is 0.829. The summed E-state index contributed by atoms with van der Waals surface area (Å²) in [4.78, 5) is 2.48. The first-order valence-corrected chi connectivity index (χ1v) is 7.96. The van der Waals surface area contributed by atoms with E-state index in [4.69, 9.17) is 5.73 Å². The second-order valence-electron chi connectivity index (χ2n) is 3.18. The highest BCUT2D eigenvalue weighted by Crippen LogP contribution is 2.33. The van der Waals surface area contributed by atoms with Crippen molar-refractivity contribution >= 4 is 60.6 Å². The first-order chi connectivity index (χ1) is 7.65. The molecule has 0 saturated heterocycles. The van der Waals surface area contributed by atoms with Crippen LogP contribution in [-0.4, -0.2) is 0 Å². The minimum atomic E-state index is 0.829. The zero-order valence-corrected chi connectivity index (χ0v) is 13.0. The molecule has 0 amide bonds. The van der Waals surface area contributed by atoms with Crippen molar-refractivity contribution in [2.75, 3.05) is 5.73 Å². The lowest BCUT2D eigenvalue weighted by molar-refractivity contribution is 1.42. The predicted octanol–water partition coefficient (Wildman–Crippen LogP) is 5.15. The third kappa shape index (κ3) is 3.26. The number of halogens is 2. The largest absolute Gasteiger partial charge is 0.398 e. The molecule has 0 bridgehead atoms. The number of thioether (sulfide) groups is 1. The summed E-state index contributed by atoms with van der Waals surface area (Å²) in [5.74, 6) is 0.960. The van der Waals surface area contributed by atoms with E-state index in [2.05, 4.69) is 44.0 Å². The molecule has 1 aromatic carbocycles. The van der Waals surface area contributed by atoms with Gasteiger partial charge in [-0.15, -0.1) is 23.1 Å². The number of hydrogen-bond donors (Lipinski definition) is 1. The topological polar surface area (TPSA) is 26.0 Å². The Balaban J connectivity index is 2.04. The highest BCUT2D eigenvalue weighted by Gasteiger charge is 2.03. The lowest BCUT2D eigenvalue weighted by atomic mass is 10.3. The summed E-state index contributed by atoms with van der Waals surface area (Å²) in [7, 11) is 0. The van der Waals surface area contributed by atoms with Crippen molar-refractivity contribution in [2.24, 2.45) is 0 Å². The summed E-state index contributed by atoms with van der Waals surface area (Å²) >= 11 is 10.4. The molecule has 0 aliphatic carbocycles. The molecule has 0 saturated carbocycles. The quantitative estimate of drug-likeness (QED) is 0.590. The summed E-state index contributed by atoms with van der Waals surface area (Å²) < 4.78 is 2.19. The third-order valence-corrected chi connectivity index (χ3v) is 5.41. The van der Waals surface area contributed by atoms with Crippen LogP contribution in [-0.2, 0) is 5.75 Å². The maximum Gasteiger partial charge on any atom is 0.0701 e. The Bertz CT molecular complexity index is 496. The number of thiophene rings is 1. The van der Waals surface area contributed by atoms with E-state index in [0.717, 1.165) is 20.8 Å². The van der Waals surface area contributed by atoms with Gasteiger partial charge in [-0.1, -0.05) is 15.9 Å². The third-order valence-electron chi connectivity index (χ3n) is 1.97. The molecular weight excluding hydrogens is 370 g/mol. The van der Waals surface area contributed by atoms with Gasteiger partial charge in [0.05, 0.1) is 3.79 Å². The van der Waals surface area contributed by atoms with Crippen molar-refractivity contribution in [3.8, 4) is 0 Å². The van der Waals surface area contributed by atoms with Crippen molar-refractivity contribution in [1.29, 1.82) is 0 Å². The molecule has 0 fully saturated rings. The smallest absolute Gasteiger partial charge is 0.0701 e. The van der Waals surface area contributed by atoms with Crippen LogP contribution in [0.1, 0.15) is 4.88 Å². The van der Waals surface area contributed by atoms with Crippen LogP contribution in [0.4, 0.5) is 5.69 Å². The Hall–Kier alpha value is 0.0300. The van der Waals surface area contributed by atoms with Crippen molar-refractivity contribution in [3.63, 3.8) is 0 Å². The molecule has 0 radical (unpaired) electrons. The first-order valence-electron chi connectivity index (χ1n) is 4.57. The number of nitrogens with two attached hydrogens (primary N) is 1. The van der Waals surface area contributed by atoms with Gasteiger partial charge in [-0.25, -0.2) is 0 Å². The maximum absolute atomic E-state index is 5.93. The summed E-state index contributed by atoms with van der Waals surface area (Å²) in [5, 5.41) is 0. The zero-order chi connectivity index (χ0) is 11.5.